The molecule has 0 unspecified atom stereocenters. The minimum atomic E-state index is -0.225. The molecule has 4 nitrogen and oxygen atoms in total. The number of aliphatic hydroxyl groups is 1. The monoisotopic (exact) mass is 226 g/mol. The first-order valence-electron chi connectivity index (χ1n) is 6.44. The van der Waals surface area contributed by atoms with Crippen molar-refractivity contribution in [3.63, 3.8) is 0 Å². The van der Waals surface area contributed by atoms with Crippen LogP contribution in [0.5, 0.6) is 0 Å². The van der Waals surface area contributed by atoms with Crippen LogP contribution in [0.1, 0.15) is 32.1 Å². The Balaban J connectivity index is 1.77. The highest BCUT2D eigenvalue weighted by Crippen LogP contribution is 2.12. The molecular formula is C12H22N2O2. The Kier molecular flexibility index (Phi) is 4.18. The van der Waals surface area contributed by atoms with E-state index in [-0.39, 0.29) is 12.0 Å². The number of hydrogen-bond acceptors (Lipinski definition) is 3. The average Bonchev–Trinajstić information content (AvgIpc) is 2.56. The molecule has 2 aliphatic rings. The highest BCUT2D eigenvalue weighted by molar-refractivity contribution is 5.78. The van der Waals surface area contributed by atoms with Gasteiger partial charge in [-0.25, -0.2) is 0 Å². The molecule has 1 amide bonds. The van der Waals surface area contributed by atoms with E-state index >= 15 is 0 Å². The second-order valence-electron chi connectivity index (χ2n) is 4.97. The predicted molar refractivity (Wildman–Crippen MR) is 62.1 cm³/mol. The van der Waals surface area contributed by atoms with Gasteiger partial charge in [-0.05, 0) is 19.3 Å². The maximum absolute atomic E-state index is 12.0. The number of rotatable bonds is 2. The van der Waals surface area contributed by atoms with Gasteiger partial charge in [0, 0.05) is 26.2 Å². The molecule has 0 aromatic heterocycles. The molecule has 2 heterocycles. The molecule has 2 aliphatic heterocycles. The van der Waals surface area contributed by atoms with Crippen molar-refractivity contribution in [2.24, 2.45) is 0 Å². The van der Waals surface area contributed by atoms with E-state index in [1.807, 2.05) is 4.90 Å². The molecule has 0 aliphatic carbocycles. The number of β-amino-alcohol motifs (C(OH)–C–C–N with tert-alkyl or cyclic N) is 1. The maximum Gasteiger partial charge on any atom is 0.236 e. The highest BCUT2D eigenvalue weighted by atomic mass is 16.3. The Morgan fingerprint density at radius 2 is 1.81 bits per heavy atom. The Bertz CT molecular complexity index is 237. The number of aliphatic hydroxyl groups excluding tert-OH is 1. The largest absolute Gasteiger partial charge is 0.392 e. The summed E-state index contributed by atoms with van der Waals surface area (Å²) in [7, 11) is 0. The van der Waals surface area contributed by atoms with Crippen molar-refractivity contribution < 1.29 is 9.90 Å². The van der Waals surface area contributed by atoms with Gasteiger partial charge in [-0.1, -0.05) is 12.8 Å². The van der Waals surface area contributed by atoms with E-state index < -0.39 is 0 Å². The molecule has 0 bridgehead atoms. The summed E-state index contributed by atoms with van der Waals surface area (Å²) < 4.78 is 0. The topological polar surface area (TPSA) is 43.8 Å². The zero-order valence-electron chi connectivity index (χ0n) is 9.90. The van der Waals surface area contributed by atoms with Crippen LogP contribution in [0, 0.1) is 0 Å². The van der Waals surface area contributed by atoms with Crippen molar-refractivity contribution in [2.75, 3.05) is 32.7 Å². The zero-order chi connectivity index (χ0) is 11.4. The number of likely N-dealkylation sites (tertiary alicyclic amines) is 2. The molecule has 16 heavy (non-hydrogen) atoms. The molecule has 0 radical (unpaired) electrons. The van der Waals surface area contributed by atoms with Crippen LogP contribution >= 0.6 is 0 Å². The van der Waals surface area contributed by atoms with Crippen LogP contribution in [-0.4, -0.2) is 59.6 Å². The van der Waals surface area contributed by atoms with Crippen LogP contribution in [0.15, 0.2) is 0 Å². The lowest BCUT2D eigenvalue weighted by molar-refractivity contribution is -0.132. The molecule has 0 aromatic carbocycles. The quantitative estimate of drug-likeness (QED) is 0.744. The van der Waals surface area contributed by atoms with Gasteiger partial charge < -0.3 is 10.0 Å². The van der Waals surface area contributed by atoms with Gasteiger partial charge in [0.2, 0.25) is 5.91 Å². The number of amides is 1. The standard InChI is InChI=1S/C12H22N2O2/c15-11-5-8-13(9-11)10-12(16)14-6-3-1-2-4-7-14/h11,15H,1-10H2/t11-/m0/s1. The van der Waals surface area contributed by atoms with E-state index in [1.54, 1.807) is 0 Å². The van der Waals surface area contributed by atoms with Crippen molar-refractivity contribution in [1.82, 2.24) is 9.80 Å². The molecule has 1 atom stereocenters. The van der Waals surface area contributed by atoms with Crippen molar-refractivity contribution in [1.29, 1.82) is 0 Å². The van der Waals surface area contributed by atoms with E-state index in [9.17, 15) is 9.90 Å². The minimum Gasteiger partial charge on any atom is -0.392 e. The summed E-state index contributed by atoms with van der Waals surface area (Å²) >= 11 is 0. The number of nitrogens with zero attached hydrogens (tertiary/aromatic N) is 2. The average molecular weight is 226 g/mol. The van der Waals surface area contributed by atoms with Crippen molar-refractivity contribution in [3.8, 4) is 0 Å². The Labute approximate surface area is 97.2 Å². The summed E-state index contributed by atoms with van der Waals surface area (Å²) in [6.07, 6.45) is 5.39. The van der Waals surface area contributed by atoms with Gasteiger partial charge in [-0.15, -0.1) is 0 Å². The first-order chi connectivity index (χ1) is 7.75. The third kappa shape index (κ3) is 3.19. The SMILES string of the molecule is O=C(CN1CC[C@H](O)C1)N1CCCCCC1. The van der Waals surface area contributed by atoms with E-state index in [2.05, 4.69) is 4.90 Å². The second-order valence-corrected chi connectivity index (χ2v) is 4.97. The first-order valence-corrected chi connectivity index (χ1v) is 6.44. The van der Waals surface area contributed by atoms with E-state index in [4.69, 9.17) is 0 Å². The van der Waals surface area contributed by atoms with Gasteiger partial charge in [-0.2, -0.15) is 0 Å². The molecular weight excluding hydrogens is 204 g/mol. The van der Waals surface area contributed by atoms with Crippen molar-refractivity contribution in [2.45, 2.75) is 38.2 Å². The summed E-state index contributed by atoms with van der Waals surface area (Å²) in [4.78, 5) is 16.1. The van der Waals surface area contributed by atoms with Gasteiger partial charge in [0.25, 0.3) is 0 Å². The molecule has 0 spiro atoms. The van der Waals surface area contributed by atoms with Crippen LogP contribution in [-0.2, 0) is 4.79 Å². The molecule has 0 aromatic rings. The number of carbonyl (C=O) groups excluding carboxylic acids is 1. The smallest absolute Gasteiger partial charge is 0.236 e. The fourth-order valence-electron chi connectivity index (χ4n) is 2.57. The van der Waals surface area contributed by atoms with Gasteiger partial charge >= 0.3 is 0 Å². The fraction of sp³-hybridized carbons (Fsp3) is 0.917. The molecule has 4 heteroatoms. The van der Waals surface area contributed by atoms with Crippen LogP contribution in [0.3, 0.4) is 0 Å². The van der Waals surface area contributed by atoms with Crippen LogP contribution in [0.4, 0.5) is 0 Å². The molecule has 2 saturated heterocycles. The van der Waals surface area contributed by atoms with Gasteiger partial charge in [0.05, 0.1) is 12.6 Å². The Hall–Kier alpha value is -0.610. The molecule has 92 valence electrons. The lowest BCUT2D eigenvalue weighted by Crippen LogP contribution is -2.40. The first kappa shape index (κ1) is 11.9. The predicted octanol–water partition coefficient (Wildman–Crippen LogP) is 0.456. The number of carbonyl (C=O) groups is 1. The van der Waals surface area contributed by atoms with Crippen LogP contribution in [0.25, 0.3) is 0 Å². The molecule has 2 fully saturated rings. The van der Waals surface area contributed by atoms with Gasteiger partial charge in [0.15, 0.2) is 0 Å². The van der Waals surface area contributed by atoms with Crippen molar-refractivity contribution >= 4 is 5.91 Å². The van der Waals surface area contributed by atoms with E-state index in [0.717, 1.165) is 38.9 Å². The van der Waals surface area contributed by atoms with Gasteiger partial charge in [-0.3, -0.25) is 9.69 Å². The molecule has 1 N–H and O–H groups in total. The molecule has 2 rings (SSSR count). The third-order valence-corrected chi connectivity index (χ3v) is 3.57. The normalized spacial score (nSPS) is 28.1. The summed E-state index contributed by atoms with van der Waals surface area (Å²) in [5.41, 5.74) is 0. The third-order valence-electron chi connectivity index (χ3n) is 3.57. The van der Waals surface area contributed by atoms with Crippen LogP contribution < -0.4 is 0 Å². The second kappa shape index (κ2) is 5.64. The lowest BCUT2D eigenvalue weighted by Gasteiger charge is -2.23. The van der Waals surface area contributed by atoms with E-state index in [1.165, 1.54) is 12.8 Å². The van der Waals surface area contributed by atoms with E-state index in [0.29, 0.717) is 13.1 Å². The minimum absolute atomic E-state index is 0.225. The van der Waals surface area contributed by atoms with Crippen LogP contribution in [0.2, 0.25) is 0 Å². The molecule has 0 saturated carbocycles. The number of hydrogen-bond donors (Lipinski definition) is 1. The highest BCUT2D eigenvalue weighted by Gasteiger charge is 2.24. The van der Waals surface area contributed by atoms with Gasteiger partial charge in [0.1, 0.15) is 0 Å². The maximum atomic E-state index is 12.0. The Morgan fingerprint density at radius 3 is 2.38 bits per heavy atom. The van der Waals surface area contributed by atoms with Crippen molar-refractivity contribution in [3.05, 3.63) is 0 Å². The summed E-state index contributed by atoms with van der Waals surface area (Å²) in [5, 5.41) is 9.40. The zero-order valence-corrected chi connectivity index (χ0v) is 9.90. The summed E-state index contributed by atoms with van der Waals surface area (Å²) in [6, 6.07) is 0. The fourth-order valence-corrected chi connectivity index (χ4v) is 2.57. The summed E-state index contributed by atoms with van der Waals surface area (Å²) in [5.74, 6) is 0.246. The lowest BCUT2D eigenvalue weighted by atomic mass is 10.2. The summed E-state index contributed by atoms with van der Waals surface area (Å²) in [6.45, 7) is 3.88. The Morgan fingerprint density at radius 1 is 1.12 bits per heavy atom.